The Morgan fingerprint density at radius 2 is 2.10 bits per heavy atom. The highest BCUT2D eigenvalue weighted by molar-refractivity contribution is 5.95. The highest BCUT2D eigenvalue weighted by Gasteiger charge is 2.17. The van der Waals surface area contributed by atoms with Crippen LogP contribution in [0, 0.1) is 12.8 Å². The maximum atomic E-state index is 12.4. The van der Waals surface area contributed by atoms with E-state index in [1.807, 2.05) is 14.0 Å². The van der Waals surface area contributed by atoms with Gasteiger partial charge in [0.05, 0.1) is 0 Å². The molecule has 4 heteroatoms. The molecular formula is C16H24N2O2. The second kappa shape index (κ2) is 6.75. The molecule has 1 aliphatic rings. The molecule has 1 fully saturated rings. The Bertz CT molecular complexity index is 468. The van der Waals surface area contributed by atoms with E-state index in [4.69, 9.17) is 0 Å². The number of phenols is 1. The Morgan fingerprint density at radius 1 is 1.40 bits per heavy atom. The van der Waals surface area contributed by atoms with Gasteiger partial charge in [-0.2, -0.15) is 0 Å². The van der Waals surface area contributed by atoms with Gasteiger partial charge >= 0.3 is 0 Å². The number of benzene rings is 1. The van der Waals surface area contributed by atoms with Crippen molar-refractivity contribution in [1.82, 2.24) is 10.2 Å². The Kier molecular flexibility index (Phi) is 5.01. The fourth-order valence-corrected chi connectivity index (χ4v) is 2.74. The number of hydrogen-bond acceptors (Lipinski definition) is 3. The third-order valence-corrected chi connectivity index (χ3v) is 4.12. The van der Waals surface area contributed by atoms with Crippen LogP contribution >= 0.6 is 0 Å². The number of amides is 1. The molecule has 2 rings (SSSR count). The average Bonchev–Trinajstić information content (AvgIpc) is 2.45. The van der Waals surface area contributed by atoms with Crippen molar-refractivity contribution < 1.29 is 9.90 Å². The number of aromatic hydroxyl groups is 1. The number of hydrogen-bond donors (Lipinski definition) is 2. The minimum atomic E-state index is 0.0384. The van der Waals surface area contributed by atoms with E-state index in [0.29, 0.717) is 5.56 Å². The number of rotatable bonds is 4. The van der Waals surface area contributed by atoms with E-state index in [1.165, 1.54) is 12.8 Å². The molecule has 2 N–H and O–H groups in total. The lowest BCUT2D eigenvalue weighted by Gasteiger charge is -2.25. The number of nitrogens with one attached hydrogen (secondary N) is 1. The topological polar surface area (TPSA) is 52.6 Å². The zero-order chi connectivity index (χ0) is 14.5. The molecule has 1 amide bonds. The normalized spacial score (nSPS) is 16.1. The van der Waals surface area contributed by atoms with Crippen molar-refractivity contribution in [1.29, 1.82) is 0 Å². The first kappa shape index (κ1) is 14.9. The van der Waals surface area contributed by atoms with Crippen molar-refractivity contribution in [3.8, 4) is 5.75 Å². The number of piperidine rings is 1. The second-order valence-corrected chi connectivity index (χ2v) is 5.71. The molecule has 0 atom stereocenters. The lowest BCUT2D eigenvalue weighted by atomic mass is 9.94. The van der Waals surface area contributed by atoms with Gasteiger partial charge in [0.15, 0.2) is 0 Å². The van der Waals surface area contributed by atoms with Gasteiger partial charge in [0.1, 0.15) is 5.75 Å². The van der Waals surface area contributed by atoms with Crippen LogP contribution in [0.2, 0.25) is 0 Å². The highest BCUT2D eigenvalue weighted by Crippen LogP contribution is 2.19. The molecule has 1 aromatic carbocycles. The number of carbonyl (C=O) groups is 1. The number of aryl methyl sites for hydroxylation is 1. The highest BCUT2D eigenvalue weighted by atomic mass is 16.3. The minimum absolute atomic E-state index is 0.0384. The van der Waals surface area contributed by atoms with E-state index in [1.54, 1.807) is 23.1 Å². The van der Waals surface area contributed by atoms with Crippen LogP contribution in [0.1, 0.15) is 35.2 Å². The molecule has 4 nitrogen and oxygen atoms in total. The zero-order valence-corrected chi connectivity index (χ0v) is 12.4. The van der Waals surface area contributed by atoms with E-state index in [9.17, 15) is 9.90 Å². The Balaban J connectivity index is 1.90. The van der Waals surface area contributed by atoms with Crippen molar-refractivity contribution in [2.45, 2.75) is 26.2 Å². The molecule has 0 aromatic heterocycles. The molecule has 0 saturated carbocycles. The summed E-state index contributed by atoms with van der Waals surface area (Å²) in [7, 11) is 1.86. The van der Waals surface area contributed by atoms with Crippen molar-refractivity contribution in [2.24, 2.45) is 5.92 Å². The van der Waals surface area contributed by atoms with Crippen molar-refractivity contribution in [3.63, 3.8) is 0 Å². The zero-order valence-electron chi connectivity index (χ0n) is 12.4. The molecule has 0 aliphatic carbocycles. The van der Waals surface area contributed by atoms with E-state index >= 15 is 0 Å². The predicted molar refractivity (Wildman–Crippen MR) is 80.0 cm³/mol. The molecule has 0 spiro atoms. The molecule has 0 radical (unpaired) electrons. The van der Waals surface area contributed by atoms with Gasteiger partial charge in [-0.3, -0.25) is 4.79 Å². The lowest BCUT2D eigenvalue weighted by molar-refractivity contribution is 0.0784. The van der Waals surface area contributed by atoms with Crippen LogP contribution in [0.4, 0.5) is 0 Å². The quantitative estimate of drug-likeness (QED) is 0.886. The summed E-state index contributed by atoms with van der Waals surface area (Å²) in [6.45, 7) is 4.84. The summed E-state index contributed by atoms with van der Waals surface area (Å²) in [6, 6.07) is 4.91. The van der Waals surface area contributed by atoms with E-state index in [0.717, 1.165) is 37.5 Å². The van der Waals surface area contributed by atoms with Crippen LogP contribution < -0.4 is 5.32 Å². The Morgan fingerprint density at radius 3 is 2.75 bits per heavy atom. The largest absolute Gasteiger partial charge is 0.508 e. The lowest BCUT2D eigenvalue weighted by Crippen LogP contribution is -2.32. The maximum absolute atomic E-state index is 12.4. The van der Waals surface area contributed by atoms with Crippen molar-refractivity contribution in [2.75, 3.05) is 26.7 Å². The Hall–Kier alpha value is -1.55. The first-order valence-corrected chi connectivity index (χ1v) is 7.33. The van der Waals surface area contributed by atoms with E-state index in [2.05, 4.69) is 5.32 Å². The molecule has 110 valence electrons. The monoisotopic (exact) mass is 276 g/mol. The van der Waals surface area contributed by atoms with Crippen LogP contribution in [0.15, 0.2) is 18.2 Å². The molecular weight excluding hydrogens is 252 g/mol. The van der Waals surface area contributed by atoms with Crippen LogP contribution in [-0.4, -0.2) is 42.6 Å². The summed E-state index contributed by atoms with van der Waals surface area (Å²) in [4.78, 5) is 14.2. The second-order valence-electron chi connectivity index (χ2n) is 5.71. The summed E-state index contributed by atoms with van der Waals surface area (Å²) in [5.41, 5.74) is 1.50. The molecule has 20 heavy (non-hydrogen) atoms. The summed E-state index contributed by atoms with van der Waals surface area (Å²) in [5, 5.41) is 12.8. The van der Waals surface area contributed by atoms with E-state index in [-0.39, 0.29) is 11.7 Å². The fourth-order valence-electron chi connectivity index (χ4n) is 2.74. The summed E-state index contributed by atoms with van der Waals surface area (Å²) in [6.07, 6.45) is 3.49. The molecule has 1 aromatic rings. The van der Waals surface area contributed by atoms with Gasteiger partial charge in [-0.05, 0) is 69.0 Å². The number of nitrogens with zero attached hydrogens (tertiary/aromatic N) is 1. The fraction of sp³-hybridized carbons (Fsp3) is 0.562. The van der Waals surface area contributed by atoms with Gasteiger partial charge < -0.3 is 15.3 Å². The van der Waals surface area contributed by atoms with Crippen molar-refractivity contribution >= 4 is 5.91 Å². The van der Waals surface area contributed by atoms with Gasteiger partial charge in [-0.25, -0.2) is 0 Å². The van der Waals surface area contributed by atoms with Crippen LogP contribution in [-0.2, 0) is 0 Å². The summed E-state index contributed by atoms with van der Waals surface area (Å²) < 4.78 is 0. The molecule has 0 unspecified atom stereocenters. The minimum Gasteiger partial charge on any atom is -0.508 e. The molecule has 0 bridgehead atoms. The third kappa shape index (κ3) is 3.73. The first-order valence-electron chi connectivity index (χ1n) is 7.33. The van der Waals surface area contributed by atoms with Gasteiger partial charge in [0, 0.05) is 19.2 Å². The van der Waals surface area contributed by atoms with Gasteiger partial charge in [-0.15, -0.1) is 0 Å². The van der Waals surface area contributed by atoms with Crippen LogP contribution in [0.3, 0.4) is 0 Å². The summed E-state index contributed by atoms with van der Waals surface area (Å²) >= 11 is 0. The average molecular weight is 276 g/mol. The predicted octanol–water partition coefficient (Wildman–Crippen LogP) is 2.16. The van der Waals surface area contributed by atoms with Crippen LogP contribution in [0.25, 0.3) is 0 Å². The standard InChI is InChI=1S/C16H24N2O2/c1-12-11-14(19)3-4-15(12)16(20)18(2)10-7-13-5-8-17-9-6-13/h3-4,11,13,17,19H,5-10H2,1-2H3. The first-order chi connectivity index (χ1) is 9.58. The SMILES string of the molecule is Cc1cc(O)ccc1C(=O)N(C)CCC1CCNCC1. The number of phenolic OH excluding ortho intramolecular Hbond substituents is 1. The van der Waals surface area contributed by atoms with Gasteiger partial charge in [-0.1, -0.05) is 0 Å². The third-order valence-electron chi connectivity index (χ3n) is 4.12. The van der Waals surface area contributed by atoms with Gasteiger partial charge in [0.25, 0.3) is 5.91 Å². The Labute approximate surface area is 120 Å². The number of carbonyl (C=O) groups excluding carboxylic acids is 1. The van der Waals surface area contributed by atoms with Gasteiger partial charge in [0.2, 0.25) is 0 Å². The summed E-state index contributed by atoms with van der Waals surface area (Å²) in [5.74, 6) is 0.972. The molecule has 1 saturated heterocycles. The molecule has 1 aliphatic heterocycles. The maximum Gasteiger partial charge on any atom is 0.253 e. The van der Waals surface area contributed by atoms with Crippen molar-refractivity contribution in [3.05, 3.63) is 29.3 Å². The smallest absolute Gasteiger partial charge is 0.253 e. The van der Waals surface area contributed by atoms with E-state index < -0.39 is 0 Å². The van der Waals surface area contributed by atoms with Crippen LogP contribution in [0.5, 0.6) is 5.75 Å². The molecule has 1 heterocycles.